The average molecular weight is 906 g/mol. The smallest absolute Gasteiger partial charge is 0.306 e. The molecule has 0 saturated carbocycles. The van der Waals surface area contributed by atoms with Crippen LogP contribution < -0.4 is 0 Å². The molecule has 0 aliphatic heterocycles. The zero-order chi connectivity index (χ0) is 46.8. The third-order valence-electron chi connectivity index (χ3n) is 13.6. The molecule has 6 heteroatoms. The van der Waals surface area contributed by atoms with E-state index in [9.17, 15) is 14.4 Å². The molecule has 0 aromatic carbocycles. The van der Waals surface area contributed by atoms with Gasteiger partial charge in [-0.25, -0.2) is 0 Å². The van der Waals surface area contributed by atoms with Crippen molar-refractivity contribution in [3.05, 3.63) is 0 Å². The molecule has 380 valence electrons. The maximum atomic E-state index is 12.8. The number of rotatable bonds is 52. The third kappa shape index (κ3) is 49.8. The Morgan fingerprint density at radius 2 is 0.594 bits per heavy atom. The van der Waals surface area contributed by atoms with Crippen LogP contribution in [0.3, 0.4) is 0 Å². The van der Waals surface area contributed by atoms with Gasteiger partial charge in [-0.3, -0.25) is 14.4 Å². The van der Waals surface area contributed by atoms with Gasteiger partial charge in [0.25, 0.3) is 0 Å². The van der Waals surface area contributed by atoms with Crippen LogP contribution >= 0.6 is 0 Å². The van der Waals surface area contributed by atoms with Crippen molar-refractivity contribution in [2.45, 2.75) is 330 Å². The Balaban J connectivity index is 4.21. The monoisotopic (exact) mass is 905 g/mol. The number of ether oxygens (including phenoxy) is 3. The van der Waals surface area contributed by atoms with Gasteiger partial charge in [0.15, 0.2) is 6.10 Å². The first-order valence-corrected chi connectivity index (χ1v) is 28.8. The number of carbonyl (C=O) groups excluding carboxylic acids is 3. The molecule has 0 rings (SSSR count). The van der Waals surface area contributed by atoms with Crippen LogP contribution in [0.1, 0.15) is 324 Å². The summed E-state index contributed by atoms with van der Waals surface area (Å²) < 4.78 is 16.8. The highest BCUT2D eigenvalue weighted by Crippen LogP contribution is 2.19. The second kappa shape index (κ2) is 50.8. The molecule has 0 aromatic rings. The first kappa shape index (κ1) is 62.4. The maximum Gasteiger partial charge on any atom is 0.306 e. The molecule has 0 spiro atoms. The Labute approximate surface area is 399 Å². The van der Waals surface area contributed by atoms with Crippen LogP contribution in [0.5, 0.6) is 0 Å². The van der Waals surface area contributed by atoms with E-state index in [0.29, 0.717) is 19.3 Å². The summed E-state index contributed by atoms with van der Waals surface area (Å²) in [6.45, 7) is 11.4. The average Bonchev–Trinajstić information content (AvgIpc) is 3.28. The summed E-state index contributed by atoms with van der Waals surface area (Å²) in [6, 6.07) is 0. The molecule has 0 aliphatic rings. The molecule has 0 bridgehead atoms. The summed E-state index contributed by atoms with van der Waals surface area (Å²) in [5.74, 6) is 0.893. The third-order valence-corrected chi connectivity index (χ3v) is 13.6. The number of hydrogen-bond donors (Lipinski definition) is 0. The molecule has 0 heterocycles. The van der Waals surface area contributed by atoms with E-state index in [1.165, 1.54) is 212 Å². The second-order valence-electron chi connectivity index (χ2n) is 20.6. The van der Waals surface area contributed by atoms with Gasteiger partial charge in [-0.15, -0.1) is 0 Å². The zero-order valence-electron chi connectivity index (χ0n) is 43.9. The van der Waals surface area contributed by atoms with Crippen LogP contribution in [0.4, 0.5) is 0 Å². The minimum absolute atomic E-state index is 0.0631. The largest absolute Gasteiger partial charge is 0.462 e. The van der Waals surface area contributed by atoms with Gasteiger partial charge < -0.3 is 14.2 Å². The van der Waals surface area contributed by atoms with E-state index < -0.39 is 6.10 Å². The topological polar surface area (TPSA) is 78.9 Å². The normalized spacial score (nSPS) is 12.5. The molecular weight excluding hydrogens is 793 g/mol. The van der Waals surface area contributed by atoms with Crippen molar-refractivity contribution in [1.82, 2.24) is 0 Å². The fourth-order valence-corrected chi connectivity index (χ4v) is 8.84. The van der Waals surface area contributed by atoms with Crippen LogP contribution in [0.2, 0.25) is 0 Å². The van der Waals surface area contributed by atoms with E-state index in [-0.39, 0.29) is 31.1 Å². The Morgan fingerprint density at radius 3 is 0.891 bits per heavy atom. The molecule has 6 nitrogen and oxygen atoms in total. The molecule has 0 N–H and O–H groups in total. The van der Waals surface area contributed by atoms with Crippen LogP contribution in [-0.2, 0) is 28.6 Å². The summed E-state index contributed by atoms with van der Waals surface area (Å²) >= 11 is 0. The van der Waals surface area contributed by atoms with Crippen LogP contribution in [0.15, 0.2) is 0 Å². The van der Waals surface area contributed by atoms with E-state index in [2.05, 4.69) is 34.6 Å². The Bertz CT molecular complexity index is 980. The minimum Gasteiger partial charge on any atom is -0.462 e. The molecular formula is C58H112O6. The summed E-state index contributed by atoms with van der Waals surface area (Å²) in [6.07, 6.45) is 53.8. The van der Waals surface area contributed by atoms with Gasteiger partial charge in [-0.2, -0.15) is 0 Å². The highest BCUT2D eigenvalue weighted by Gasteiger charge is 2.19. The first-order valence-electron chi connectivity index (χ1n) is 28.8. The van der Waals surface area contributed by atoms with E-state index in [1.807, 2.05) is 0 Å². The van der Waals surface area contributed by atoms with Gasteiger partial charge in [-0.1, -0.05) is 285 Å². The molecule has 1 unspecified atom stereocenters. The summed E-state index contributed by atoms with van der Waals surface area (Å²) in [4.78, 5) is 38.0. The Hall–Kier alpha value is -1.59. The lowest BCUT2D eigenvalue weighted by atomic mass is 9.99. The number of esters is 3. The predicted octanol–water partition coefficient (Wildman–Crippen LogP) is 18.9. The highest BCUT2D eigenvalue weighted by molar-refractivity contribution is 5.71. The summed E-state index contributed by atoms with van der Waals surface area (Å²) in [5.41, 5.74) is 0. The summed E-state index contributed by atoms with van der Waals surface area (Å²) in [7, 11) is 0. The fraction of sp³-hybridized carbons (Fsp3) is 0.948. The van der Waals surface area contributed by atoms with Crippen LogP contribution in [-0.4, -0.2) is 37.2 Å². The molecule has 0 radical (unpaired) electrons. The summed E-state index contributed by atoms with van der Waals surface area (Å²) in [5, 5.41) is 0. The van der Waals surface area contributed by atoms with E-state index in [0.717, 1.165) is 69.6 Å². The van der Waals surface area contributed by atoms with Gasteiger partial charge >= 0.3 is 17.9 Å². The number of carbonyl (C=O) groups is 3. The van der Waals surface area contributed by atoms with E-state index in [4.69, 9.17) is 14.2 Å². The lowest BCUT2D eigenvalue weighted by Gasteiger charge is -2.18. The van der Waals surface area contributed by atoms with Gasteiger partial charge in [0.2, 0.25) is 0 Å². The van der Waals surface area contributed by atoms with Crippen molar-refractivity contribution < 1.29 is 28.6 Å². The number of hydrogen-bond acceptors (Lipinski definition) is 6. The second-order valence-corrected chi connectivity index (χ2v) is 20.6. The molecule has 0 fully saturated rings. The van der Waals surface area contributed by atoms with Crippen LogP contribution in [0.25, 0.3) is 0 Å². The van der Waals surface area contributed by atoms with Gasteiger partial charge in [0.1, 0.15) is 13.2 Å². The van der Waals surface area contributed by atoms with Crippen molar-refractivity contribution in [2.75, 3.05) is 13.2 Å². The van der Waals surface area contributed by atoms with Crippen molar-refractivity contribution in [1.29, 1.82) is 0 Å². The zero-order valence-corrected chi connectivity index (χ0v) is 43.9. The number of unbranched alkanes of at least 4 members (excludes halogenated alkanes) is 36. The minimum atomic E-state index is -0.762. The standard InChI is InChI=1S/C58H112O6/c1-6-8-9-10-11-12-28-33-38-43-48-56(59)62-51-55(52-63-57(60)49-44-39-34-29-25-21-22-26-31-36-41-46-53(3)4)64-58(61)50-45-40-35-30-24-20-18-16-14-13-15-17-19-23-27-32-37-42-47-54(5)7-2/h53-55H,6-52H2,1-5H3/t54?,55-/m0/s1. The van der Waals surface area contributed by atoms with E-state index in [1.54, 1.807) is 0 Å². The highest BCUT2D eigenvalue weighted by atomic mass is 16.6. The molecule has 0 saturated heterocycles. The van der Waals surface area contributed by atoms with Crippen molar-refractivity contribution >= 4 is 17.9 Å². The lowest BCUT2D eigenvalue weighted by molar-refractivity contribution is -0.167. The Kier molecular flexibility index (Phi) is 49.6. The van der Waals surface area contributed by atoms with Gasteiger partial charge in [-0.05, 0) is 31.1 Å². The molecule has 2 atom stereocenters. The first-order chi connectivity index (χ1) is 31.3. The lowest BCUT2D eigenvalue weighted by Crippen LogP contribution is -2.30. The van der Waals surface area contributed by atoms with E-state index >= 15 is 0 Å². The molecule has 64 heavy (non-hydrogen) atoms. The van der Waals surface area contributed by atoms with Crippen LogP contribution in [0, 0.1) is 11.8 Å². The van der Waals surface area contributed by atoms with Gasteiger partial charge in [0.05, 0.1) is 0 Å². The molecule has 0 aliphatic carbocycles. The van der Waals surface area contributed by atoms with Crippen molar-refractivity contribution in [3.8, 4) is 0 Å². The van der Waals surface area contributed by atoms with Crippen molar-refractivity contribution in [2.24, 2.45) is 11.8 Å². The molecule has 0 amide bonds. The van der Waals surface area contributed by atoms with Gasteiger partial charge in [0, 0.05) is 19.3 Å². The maximum absolute atomic E-state index is 12.8. The SMILES string of the molecule is CCCCCCCCCCCCC(=O)OC[C@@H](COC(=O)CCCCCCCCCCCCCC(C)C)OC(=O)CCCCCCCCCCCCCCCCCCCCC(C)CC. The quantitative estimate of drug-likeness (QED) is 0.0344. The predicted molar refractivity (Wildman–Crippen MR) is 275 cm³/mol. The molecule has 0 aromatic heterocycles. The fourth-order valence-electron chi connectivity index (χ4n) is 8.84. The van der Waals surface area contributed by atoms with Crippen molar-refractivity contribution in [3.63, 3.8) is 0 Å². The Morgan fingerprint density at radius 1 is 0.328 bits per heavy atom.